The number of likely N-dealkylation sites (N-methyl/N-ethyl adjacent to an activating group) is 1. The van der Waals surface area contributed by atoms with Crippen LogP contribution in [-0.2, 0) is 9.53 Å². The maximum atomic E-state index is 12.6. The van der Waals surface area contributed by atoms with Crippen molar-refractivity contribution < 1.29 is 24.2 Å². The SMILES string of the molecule is CCOC(=O)c1ccc(N=C2SC(=Cc3ccc(O)c(OC)c3)C(=O)N2C)cc1. The van der Waals surface area contributed by atoms with Gasteiger partial charge in [0.05, 0.1) is 29.9 Å². The highest BCUT2D eigenvalue weighted by atomic mass is 32.2. The Kier molecular flexibility index (Phi) is 6.23. The van der Waals surface area contributed by atoms with Crippen molar-refractivity contribution in [3.05, 3.63) is 58.5 Å². The Morgan fingerprint density at radius 3 is 2.62 bits per heavy atom. The molecule has 29 heavy (non-hydrogen) atoms. The average Bonchev–Trinajstić information content (AvgIpc) is 2.98. The van der Waals surface area contributed by atoms with Crippen LogP contribution in [0.3, 0.4) is 0 Å². The molecule has 0 unspecified atom stereocenters. The molecule has 0 atom stereocenters. The second-order valence-corrected chi connectivity index (χ2v) is 7.08. The number of esters is 1. The topological polar surface area (TPSA) is 88.4 Å². The first-order valence-corrected chi connectivity index (χ1v) is 9.65. The van der Waals surface area contributed by atoms with Gasteiger partial charge in [0.2, 0.25) is 0 Å². The summed E-state index contributed by atoms with van der Waals surface area (Å²) in [5.41, 5.74) is 1.79. The Morgan fingerprint density at radius 2 is 1.97 bits per heavy atom. The van der Waals surface area contributed by atoms with Gasteiger partial charge in [-0.25, -0.2) is 9.79 Å². The number of hydrogen-bond acceptors (Lipinski definition) is 7. The fraction of sp³-hybridized carbons (Fsp3) is 0.190. The third kappa shape index (κ3) is 4.60. The minimum Gasteiger partial charge on any atom is -0.504 e. The number of thioether (sulfide) groups is 1. The first-order chi connectivity index (χ1) is 13.9. The molecule has 0 aliphatic carbocycles. The molecular weight excluding hydrogens is 392 g/mol. The van der Waals surface area contributed by atoms with Gasteiger partial charge in [0.25, 0.3) is 5.91 Å². The number of hydrogen-bond donors (Lipinski definition) is 1. The number of phenolic OH excluding ortho intramolecular Hbond substituents is 1. The van der Waals surface area contributed by atoms with Crippen molar-refractivity contribution in [2.24, 2.45) is 4.99 Å². The summed E-state index contributed by atoms with van der Waals surface area (Å²) in [4.78, 5) is 30.8. The van der Waals surface area contributed by atoms with Crippen LogP contribution in [0.2, 0.25) is 0 Å². The van der Waals surface area contributed by atoms with Crippen molar-refractivity contribution in [2.45, 2.75) is 6.92 Å². The Balaban J connectivity index is 1.82. The molecule has 0 radical (unpaired) electrons. The number of carbonyl (C=O) groups excluding carboxylic acids is 2. The van der Waals surface area contributed by atoms with Crippen molar-refractivity contribution in [3.8, 4) is 11.5 Å². The minimum atomic E-state index is -0.385. The lowest BCUT2D eigenvalue weighted by Gasteiger charge is -2.07. The molecule has 2 aromatic carbocycles. The van der Waals surface area contributed by atoms with Crippen LogP contribution in [0.1, 0.15) is 22.8 Å². The zero-order valence-corrected chi connectivity index (χ0v) is 17.0. The fourth-order valence-electron chi connectivity index (χ4n) is 2.58. The van der Waals surface area contributed by atoms with Gasteiger partial charge < -0.3 is 14.6 Å². The Morgan fingerprint density at radius 1 is 1.24 bits per heavy atom. The maximum absolute atomic E-state index is 12.6. The predicted octanol–water partition coefficient (Wildman–Crippen LogP) is 3.81. The van der Waals surface area contributed by atoms with Crippen LogP contribution in [0, 0.1) is 0 Å². The molecule has 1 fully saturated rings. The molecule has 1 aliphatic heterocycles. The number of aromatic hydroxyl groups is 1. The van der Waals surface area contributed by atoms with E-state index in [-0.39, 0.29) is 17.6 Å². The molecule has 2 aromatic rings. The molecular formula is C21H20N2O5S. The number of rotatable bonds is 5. The highest BCUT2D eigenvalue weighted by Gasteiger charge is 2.30. The number of carbonyl (C=O) groups is 2. The third-order valence-electron chi connectivity index (χ3n) is 4.11. The third-order valence-corrected chi connectivity index (χ3v) is 5.17. The van der Waals surface area contributed by atoms with Gasteiger partial charge in [-0.05, 0) is 66.7 Å². The lowest BCUT2D eigenvalue weighted by Crippen LogP contribution is -2.23. The molecule has 1 heterocycles. The fourth-order valence-corrected chi connectivity index (χ4v) is 3.57. The van der Waals surface area contributed by atoms with E-state index in [1.807, 2.05) is 0 Å². The van der Waals surface area contributed by atoms with Crippen molar-refractivity contribution >= 4 is 40.6 Å². The normalized spacial score (nSPS) is 16.5. The Hall–Kier alpha value is -3.26. The number of amides is 1. The summed E-state index contributed by atoms with van der Waals surface area (Å²) in [6, 6.07) is 11.5. The Bertz CT molecular complexity index is 999. The van der Waals surface area contributed by atoms with E-state index >= 15 is 0 Å². The molecule has 0 bridgehead atoms. The van der Waals surface area contributed by atoms with Crippen molar-refractivity contribution in [2.75, 3.05) is 20.8 Å². The average molecular weight is 412 g/mol. The second kappa shape index (κ2) is 8.83. The highest BCUT2D eigenvalue weighted by molar-refractivity contribution is 8.18. The van der Waals surface area contributed by atoms with Gasteiger partial charge >= 0.3 is 5.97 Å². The molecule has 1 amide bonds. The van der Waals surface area contributed by atoms with E-state index in [9.17, 15) is 14.7 Å². The van der Waals surface area contributed by atoms with Crippen molar-refractivity contribution in [1.29, 1.82) is 0 Å². The van der Waals surface area contributed by atoms with E-state index in [1.54, 1.807) is 56.4 Å². The quantitative estimate of drug-likeness (QED) is 0.593. The van der Waals surface area contributed by atoms with Gasteiger partial charge in [-0.15, -0.1) is 0 Å². The number of nitrogens with zero attached hydrogens (tertiary/aromatic N) is 2. The molecule has 1 saturated heterocycles. The molecule has 8 heteroatoms. The van der Waals surface area contributed by atoms with E-state index in [1.165, 1.54) is 29.8 Å². The lowest BCUT2D eigenvalue weighted by molar-refractivity contribution is -0.121. The summed E-state index contributed by atoms with van der Waals surface area (Å²) >= 11 is 1.25. The number of phenols is 1. The molecule has 150 valence electrons. The van der Waals surface area contributed by atoms with Gasteiger partial charge in [-0.3, -0.25) is 9.69 Å². The van der Waals surface area contributed by atoms with Gasteiger partial charge in [0.1, 0.15) is 0 Å². The van der Waals surface area contributed by atoms with Crippen LogP contribution in [0.4, 0.5) is 5.69 Å². The van der Waals surface area contributed by atoms with Crippen LogP contribution in [-0.4, -0.2) is 47.8 Å². The summed E-state index contributed by atoms with van der Waals surface area (Å²) in [5.74, 6) is -0.197. The summed E-state index contributed by atoms with van der Waals surface area (Å²) in [5, 5.41) is 10.2. The van der Waals surface area contributed by atoms with Crippen LogP contribution in [0.5, 0.6) is 11.5 Å². The largest absolute Gasteiger partial charge is 0.504 e. The summed E-state index contributed by atoms with van der Waals surface area (Å²) in [7, 11) is 3.12. The van der Waals surface area contributed by atoms with E-state index in [4.69, 9.17) is 9.47 Å². The van der Waals surface area contributed by atoms with E-state index in [0.717, 1.165) is 5.56 Å². The van der Waals surface area contributed by atoms with Crippen molar-refractivity contribution in [1.82, 2.24) is 4.90 Å². The molecule has 0 spiro atoms. The highest BCUT2D eigenvalue weighted by Crippen LogP contribution is 2.34. The summed E-state index contributed by atoms with van der Waals surface area (Å²) in [6.07, 6.45) is 1.72. The van der Waals surface area contributed by atoms with Gasteiger partial charge in [0.15, 0.2) is 16.7 Å². The summed E-state index contributed by atoms with van der Waals surface area (Å²) < 4.78 is 10.1. The molecule has 7 nitrogen and oxygen atoms in total. The second-order valence-electron chi connectivity index (χ2n) is 6.07. The predicted molar refractivity (Wildman–Crippen MR) is 112 cm³/mol. The Labute approximate surface area is 172 Å². The number of benzene rings is 2. The maximum Gasteiger partial charge on any atom is 0.338 e. The van der Waals surface area contributed by atoms with E-state index in [2.05, 4.69) is 4.99 Å². The van der Waals surface area contributed by atoms with Gasteiger partial charge in [0, 0.05) is 7.05 Å². The molecule has 1 aliphatic rings. The molecule has 0 saturated carbocycles. The molecule has 1 N–H and O–H groups in total. The zero-order valence-electron chi connectivity index (χ0n) is 16.2. The first-order valence-electron chi connectivity index (χ1n) is 8.83. The monoisotopic (exact) mass is 412 g/mol. The van der Waals surface area contributed by atoms with E-state index < -0.39 is 0 Å². The summed E-state index contributed by atoms with van der Waals surface area (Å²) in [6.45, 7) is 2.07. The number of aliphatic imine (C=N–C) groups is 1. The zero-order chi connectivity index (χ0) is 21.0. The molecule has 0 aromatic heterocycles. The standard InChI is InChI=1S/C21H20N2O5S/c1-4-28-20(26)14-6-8-15(9-7-14)22-21-23(2)19(25)18(29-21)12-13-5-10-16(24)17(11-13)27-3/h5-12,24H,4H2,1-3H3. The number of methoxy groups -OCH3 is 1. The minimum absolute atomic E-state index is 0.0330. The van der Waals surface area contributed by atoms with Crippen LogP contribution in [0.25, 0.3) is 6.08 Å². The van der Waals surface area contributed by atoms with Gasteiger partial charge in [-0.1, -0.05) is 6.07 Å². The van der Waals surface area contributed by atoms with Crippen LogP contribution >= 0.6 is 11.8 Å². The van der Waals surface area contributed by atoms with Crippen LogP contribution in [0.15, 0.2) is 52.4 Å². The first kappa shape index (κ1) is 20.5. The van der Waals surface area contributed by atoms with Crippen LogP contribution < -0.4 is 4.74 Å². The van der Waals surface area contributed by atoms with E-state index in [0.29, 0.717) is 33.7 Å². The lowest BCUT2D eigenvalue weighted by atomic mass is 10.2. The smallest absolute Gasteiger partial charge is 0.338 e. The van der Waals surface area contributed by atoms with Crippen molar-refractivity contribution in [3.63, 3.8) is 0 Å². The van der Waals surface area contributed by atoms with Gasteiger partial charge in [-0.2, -0.15) is 0 Å². The number of amidine groups is 1. The number of ether oxygens (including phenoxy) is 2. The molecule has 3 rings (SSSR count).